The van der Waals surface area contributed by atoms with Crippen LogP contribution in [0.1, 0.15) is 32.9 Å². The van der Waals surface area contributed by atoms with E-state index in [1.54, 1.807) is 23.9 Å². The van der Waals surface area contributed by atoms with Crippen LogP contribution in [0, 0.1) is 27.7 Å². The van der Waals surface area contributed by atoms with E-state index < -0.39 is 0 Å². The average Bonchev–Trinajstić information content (AvgIpc) is 2.98. The van der Waals surface area contributed by atoms with Crippen molar-refractivity contribution in [1.29, 1.82) is 0 Å². The Balaban J connectivity index is 1.67. The van der Waals surface area contributed by atoms with Crippen molar-refractivity contribution in [2.75, 3.05) is 18.9 Å². The molecule has 2 amide bonds. The van der Waals surface area contributed by atoms with Crippen LogP contribution in [0.5, 0.6) is 0 Å². The van der Waals surface area contributed by atoms with Gasteiger partial charge in [0.2, 0.25) is 5.91 Å². The Hall–Kier alpha value is -3.12. The minimum absolute atomic E-state index is 0.0406. The largest absolute Gasteiger partial charge is 0.332 e. The number of hydrogen-bond acceptors (Lipinski definition) is 3. The van der Waals surface area contributed by atoms with E-state index in [0.717, 1.165) is 33.9 Å². The maximum Gasteiger partial charge on any atom is 0.254 e. The summed E-state index contributed by atoms with van der Waals surface area (Å²) >= 11 is 6.21. The van der Waals surface area contributed by atoms with Crippen LogP contribution in [0.4, 0.5) is 5.69 Å². The third-order valence-corrected chi connectivity index (χ3v) is 5.72. The lowest BCUT2D eigenvalue weighted by Crippen LogP contribution is -2.35. The lowest BCUT2D eigenvalue weighted by atomic mass is 10.1. The number of amides is 2. The van der Waals surface area contributed by atoms with Crippen molar-refractivity contribution in [2.24, 2.45) is 0 Å². The quantitative estimate of drug-likeness (QED) is 0.657. The summed E-state index contributed by atoms with van der Waals surface area (Å²) in [5.41, 5.74) is 5.77. The van der Waals surface area contributed by atoms with Gasteiger partial charge in [-0.05, 0) is 69.2 Å². The van der Waals surface area contributed by atoms with E-state index in [0.29, 0.717) is 10.6 Å². The van der Waals surface area contributed by atoms with Gasteiger partial charge in [0.05, 0.1) is 28.6 Å². The van der Waals surface area contributed by atoms with Crippen molar-refractivity contribution in [3.05, 3.63) is 75.6 Å². The van der Waals surface area contributed by atoms with Gasteiger partial charge < -0.3 is 10.2 Å². The second-order valence-corrected chi connectivity index (χ2v) is 7.78. The predicted octanol–water partition coefficient (Wildman–Crippen LogP) is 4.47. The Morgan fingerprint density at radius 2 is 1.73 bits per heavy atom. The SMILES string of the molecule is Cc1cccc(NC(=O)CN(C)C(=O)c2ccc(-n3nc(C)c(Cl)c3C)cc2)c1C. The van der Waals surface area contributed by atoms with Crippen LogP contribution in [-0.4, -0.2) is 40.1 Å². The molecule has 6 nitrogen and oxygen atoms in total. The first kappa shape index (κ1) is 21.6. The number of halogens is 1. The Bertz CT molecular complexity index is 1100. The fourth-order valence-corrected chi connectivity index (χ4v) is 3.32. The molecule has 2 aromatic carbocycles. The summed E-state index contributed by atoms with van der Waals surface area (Å²) in [6.45, 7) is 7.65. The van der Waals surface area contributed by atoms with Crippen LogP contribution in [0.15, 0.2) is 42.5 Å². The number of anilines is 1. The van der Waals surface area contributed by atoms with Crippen LogP contribution in [0.25, 0.3) is 5.69 Å². The molecule has 156 valence electrons. The van der Waals surface area contributed by atoms with E-state index in [-0.39, 0.29) is 18.4 Å². The number of likely N-dealkylation sites (N-methyl/N-ethyl adjacent to an activating group) is 1. The van der Waals surface area contributed by atoms with Gasteiger partial charge in [0, 0.05) is 18.3 Å². The molecule has 0 spiro atoms. The van der Waals surface area contributed by atoms with E-state index in [1.165, 1.54) is 4.90 Å². The summed E-state index contributed by atoms with van der Waals surface area (Å²) in [6.07, 6.45) is 0. The molecule has 3 aromatic rings. The van der Waals surface area contributed by atoms with Gasteiger partial charge in [0.25, 0.3) is 5.91 Å². The van der Waals surface area contributed by atoms with Crippen molar-refractivity contribution >= 4 is 29.1 Å². The first-order valence-electron chi connectivity index (χ1n) is 9.62. The normalized spacial score (nSPS) is 10.7. The number of hydrogen-bond donors (Lipinski definition) is 1. The summed E-state index contributed by atoms with van der Waals surface area (Å²) in [6, 6.07) is 12.8. The van der Waals surface area contributed by atoms with Gasteiger partial charge in [0.1, 0.15) is 0 Å². The molecular weight excluding hydrogens is 400 g/mol. The Morgan fingerprint density at radius 1 is 1.07 bits per heavy atom. The smallest absolute Gasteiger partial charge is 0.254 e. The molecule has 0 saturated heterocycles. The zero-order valence-electron chi connectivity index (χ0n) is 17.8. The minimum Gasteiger partial charge on any atom is -0.332 e. The zero-order chi connectivity index (χ0) is 22.0. The highest BCUT2D eigenvalue weighted by Gasteiger charge is 2.17. The first-order valence-corrected chi connectivity index (χ1v) is 10.0. The van der Waals surface area contributed by atoms with Crippen molar-refractivity contribution in [3.63, 3.8) is 0 Å². The van der Waals surface area contributed by atoms with Crippen LogP contribution < -0.4 is 5.32 Å². The van der Waals surface area contributed by atoms with E-state index in [2.05, 4.69) is 10.4 Å². The molecule has 0 aliphatic rings. The Kier molecular flexibility index (Phi) is 6.27. The van der Waals surface area contributed by atoms with Crippen LogP contribution in [0.3, 0.4) is 0 Å². The number of carbonyl (C=O) groups is 2. The molecule has 0 aliphatic heterocycles. The predicted molar refractivity (Wildman–Crippen MR) is 120 cm³/mol. The molecule has 0 bridgehead atoms. The molecule has 0 fully saturated rings. The number of nitrogens with one attached hydrogen (secondary N) is 1. The van der Waals surface area contributed by atoms with E-state index >= 15 is 0 Å². The van der Waals surface area contributed by atoms with Gasteiger partial charge in [-0.15, -0.1) is 0 Å². The summed E-state index contributed by atoms with van der Waals surface area (Å²) in [4.78, 5) is 26.5. The van der Waals surface area contributed by atoms with Crippen LogP contribution >= 0.6 is 11.6 Å². The summed E-state index contributed by atoms with van der Waals surface area (Å²) in [7, 11) is 1.61. The third kappa shape index (κ3) is 4.39. The molecule has 0 unspecified atom stereocenters. The fraction of sp³-hybridized carbons (Fsp3) is 0.261. The van der Waals surface area contributed by atoms with Crippen molar-refractivity contribution in [1.82, 2.24) is 14.7 Å². The van der Waals surface area contributed by atoms with Crippen LogP contribution in [-0.2, 0) is 4.79 Å². The molecule has 1 aromatic heterocycles. The molecule has 0 radical (unpaired) electrons. The van der Waals surface area contributed by atoms with Gasteiger partial charge >= 0.3 is 0 Å². The number of nitrogens with zero attached hydrogens (tertiary/aromatic N) is 3. The van der Waals surface area contributed by atoms with Gasteiger partial charge in [-0.2, -0.15) is 5.10 Å². The summed E-state index contributed by atoms with van der Waals surface area (Å²) in [5, 5.41) is 7.92. The van der Waals surface area contributed by atoms with E-state index in [1.807, 2.05) is 58.0 Å². The van der Waals surface area contributed by atoms with Gasteiger partial charge in [-0.3, -0.25) is 9.59 Å². The van der Waals surface area contributed by atoms with Gasteiger partial charge in [-0.1, -0.05) is 23.7 Å². The number of carbonyl (C=O) groups excluding carboxylic acids is 2. The molecule has 1 N–H and O–H groups in total. The maximum atomic E-state index is 12.7. The van der Waals surface area contributed by atoms with Gasteiger partial charge in [-0.25, -0.2) is 4.68 Å². The lowest BCUT2D eigenvalue weighted by Gasteiger charge is -2.18. The van der Waals surface area contributed by atoms with Crippen LogP contribution in [0.2, 0.25) is 5.02 Å². The standard InChI is InChI=1S/C23H25ClN4O2/c1-14-7-6-8-20(15(14)2)25-21(29)13-27(5)23(30)18-9-11-19(12-10-18)28-17(4)22(24)16(3)26-28/h6-12H,13H2,1-5H3,(H,25,29). The van der Waals surface area contributed by atoms with Gasteiger partial charge in [0.15, 0.2) is 0 Å². The van der Waals surface area contributed by atoms with E-state index in [9.17, 15) is 9.59 Å². The first-order chi connectivity index (χ1) is 14.2. The maximum absolute atomic E-state index is 12.7. The number of benzene rings is 2. The molecule has 30 heavy (non-hydrogen) atoms. The second-order valence-electron chi connectivity index (χ2n) is 7.40. The molecular formula is C23H25ClN4O2. The van der Waals surface area contributed by atoms with Crippen molar-refractivity contribution in [2.45, 2.75) is 27.7 Å². The Morgan fingerprint density at radius 3 is 2.33 bits per heavy atom. The minimum atomic E-state index is -0.242. The summed E-state index contributed by atoms with van der Waals surface area (Å²) in [5.74, 6) is -0.475. The van der Waals surface area contributed by atoms with Crippen molar-refractivity contribution in [3.8, 4) is 5.69 Å². The molecule has 3 rings (SSSR count). The highest BCUT2D eigenvalue weighted by Crippen LogP contribution is 2.23. The number of aryl methyl sites for hydroxylation is 2. The number of rotatable bonds is 5. The molecule has 0 aliphatic carbocycles. The topological polar surface area (TPSA) is 67.2 Å². The fourth-order valence-electron chi connectivity index (χ4n) is 3.20. The molecule has 0 saturated carbocycles. The lowest BCUT2D eigenvalue weighted by molar-refractivity contribution is -0.116. The van der Waals surface area contributed by atoms with E-state index in [4.69, 9.17) is 11.6 Å². The Labute approximate surface area is 181 Å². The third-order valence-electron chi connectivity index (χ3n) is 5.17. The highest BCUT2D eigenvalue weighted by atomic mass is 35.5. The second kappa shape index (κ2) is 8.71. The highest BCUT2D eigenvalue weighted by molar-refractivity contribution is 6.31. The summed E-state index contributed by atoms with van der Waals surface area (Å²) < 4.78 is 1.74. The molecule has 7 heteroatoms. The van der Waals surface area contributed by atoms with Crippen molar-refractivity contribution < 1.29 is 9.59 Å². The average molecular weight is 425 g/mol. The number of aromatic nitrogens is 2. The molecule has 1 heterocycles. The zero-order valence-corrected chi connectivity index (χ0v) is 18.5. The monoisotopic (exact) mass is 424 g/mol. The molecule has 0 atom stereocenters.